The van der Waals surface area contributed by atoms with E-state index in [0.29, 0.717) is 0 Å². The van der Waals surface area contributed by atoms with E-state index in [1.807, 2.05) is 0 Å². The lowest BCUT2D eigenvalue weighted by Crippen LogP contribution is -2.71. The summed E-state index contributed by atoms with van der Waals surface area (Å²) in [5.41, 5.74) is 0. The maximum atomic E-state index is 13.5. The molecule has 5 amide bonds. The molecule has 37 N–H and O–H groups in total. The number of ether oxygens (including phenoxy) is 23. The third-order valence-corrected chi connectivity index (χ3v) is 27.0. The number of hydrogen-bond acceptors (Lipinski definition) is 60. The normalized spacial score (nSPS) is 49.6. The van der Waals surface area contributed by atoms with Gasteiger partial charge < -0.3 is 299 Å². The number of nitrogens with one attached hydrogen (secondary N) is 5. The first-order chi connectivity index (χ1) is 69.5. The Kier molecular flexibility index (Phi) is 43.4. The van der Waals surface area contributed by atoms with Crippen LogP contribution >= 0.6 is 0 Å². The van der Waals surface area contributed by atoms with E-state index < -0.39 is 470 Å². The fourth-order valence-electron chi connectivity index (χ4n) is 19.2. The van der Waals surface area contributed by atoms with Crippen molar-refractivity contribution in [1.82, 2.24) is 26.6 Å². The van der Waals surface area contributed by atoms with E-state index >= 15 is 0 Å². The summed E-state index contributed by atoms with van der Waals surface area (Å²) in [4.78, 5) is 65.9. The highest BCUT2D eigenvalue weighted by atomic mass is 16.8. The van der Waals surface area contributed by atoms with Crippen LogP contribution in [-0.2, 0) is 133 Å². The van der Waals surface area contributed by atoms with Crippen LogP contribution in [0.25, 0.3) is 0 Å². The Morgan fingerprint density at radius 1 is 0.190 bits per heavy atom. The lowest BCUT2D eigenvalue weighted by Gasteiger charge is -2.51. The first-order valence-corrected chi connectivity index (χ1v) is 47.0. The first-order valence-electron chi connectivity index (χ1n) is 47.0. The Bertz CT molecular complexity index is 4110. The molecule has 60 atom stereocenters. The fourth-order valence-corrected chi connectivity index (χ4v) is 19.2. The van der Waals surface area contributed by atoms with Crippen LogP contribution in [0.3, 0.4) is 0 Å². The van der Waals surface area contributed by atoms with Crippen LogP contribution in [0.4, 0.5) is 0 Å². The van der Waals surface area contributed by atoms with Crippen LogP contribution in [0.15, 0.2) is 0 Å². The van der Waals surface area contributed by atoms with E-state index in [2.05, 4.69) is 26.6 Å². The maximum absolute atomic E-state index is 13.5. The third kappa shape index (κ3) is 26.8. The molecule has 0 spiro atoms. The molecule has 0 radical (unpaired) electrons. The molecule has 1 unspecified atom stereocenters. The van der Waals surface area contributed by atoms with Gasteiger partial charge in [-0.2, -0.15) is 0 Å². The third-order valence-electron chi connectivity index (χ3n) is 27.0. The van der Waals surface area contributed by atoms with E-state index in [1.165, 1.54) is 6.92 Å². The largest absolute Gasteiger partial charge is 0.394 e. The Morgan fingerprint density at radius 3 is 0.762 bits per heavy atom. The van der Waals surface area contributed by atoms with Crippen molar-refractivity contribution >= 4 is 29.5 Å². The zero-order chi connectivity index (χ0) is 108. The van der Waals surface area contributed by atoms with E-state index in [1.54, 1.807) is 0 Å². The summed E-state index contributed by atoms with van der Waals surface area (Å²) >= 11 is 0. The lowest BCUT2D eigenvalue weighted by molar-refractivity contribution is -0.401. The minimum absolute atomic E-state index is 0.873. The van der Waals surface area contributed by atoms with Gasteiger partial charge in [0, 0.05) is 34.6 Å². The molecular formula is C82H137N5O60. The van der Waals surface area contributed by atoms with Crippen LogP contribution in [0.5, 0.6) is 0 Å². The van der Waals surface area contributed by atoms with Crippen molar-refractivity contribution < 1.29 is 296 Å². The molecular weight excluding hydrogens is 2010 g/mol. The fraction of sp³-hybridized carbons (Fsp3) is 0.939. The molecule has 65 heteroatoms. The average molecular weight is 2150 g/mol. The second-order valence-corrected chi connectivity index (χ2v) is 37.3. The molecule has 12 saturated heterocycles. The molecule has 0 bridgehead atoms. The molecule has 0 aromatic carbocycles. The average Bonchev–Trinajstić information content (AvgIpc) is 0.781. The Morgan fingerprint density at radius 2 is 0.422 bits per heavy atom. The summed E-state index contributed by atoms with van der Waals surface area (Å²) in [6.07, 6.45) is -119. The smallest absolute Gasteiger partial charge is 0.217 e. The summed E-state index contributed by atoms with van der Waals surface area (Å²) in [6, 6.07) is -10.1. The molecule has 12 aliphatic rings. The molecule has 0 aromatic rings. The van der Waals surface area contributed by atoms with E-state index in [0.717, 1.165) is 34.6 Å². The SMILES string of the molecule is CC(=O)N[C@H]1[C@H](O[C@H]2[C@H](O)[C@@H](NC(C)=O)C(O)O[C@@H]2CO[C@@H]2O[C@@H](C)[C@@H](O)[C@@H](O)[C@@H]2O)O[C@H](CO)[C@@H](O[C@@H]2O[C@H](CO[C@H]3O[C@H](CO)[C@@H](O[C@@H]4O[C@H](CO)[C@@H](O[C@@H]5O[C@H](CO)[C@H](O)[C@H](O)[C@H]5O)[C@H](O)[C@H]4NC(C)=O)[C@H](O)[C@@H]3O[C@@H]3O[C@H](CO)[C@@H](O[C@@H]4O[C@H](CO)[C@H](O)[C@H](O)[C@H]4O)[C@H](O)[C@H]3NC(C)=O)[C@@H](O)[C@H](O[C@H]3O[C@H](CO)[C@@H](O)[C@H](O)[C@@H]3O[C@@H]3O[C@H](CO)[C@@H](O[C@@H]4O[C@H](CO)[C@H](O)[C@H](O)[C@H]4O)[C@H](O)[C@H]3NC(C)=O)[C@@H]2O)[C@@H]1O. The highest BCUT2D eigenvalue weighted by Crippen LogP contribution is 2.43. The minimum Gasteiger partial charge on any atom is -0.394 e. The van der Waals surface area contributed by atoms with E-state index in [4.69, 9.17) is 109 Å². The number of rotatable bonds is 38. The number of aliphatic hydroxyl groups excluding tert-OH is 32. The van der Waals surface area contributed by atoms with Crippen molar-refractivity contribution in [3.05, 3.63) is 0 Å². The van der Waals surface area contributed by atoms with Gasteiger partial charge >= 0.3 is 0 Å². The van der Waals surface area contributed by atoms with Gasteiger partial charge in [0.1, 0.15) is 287 Å². The Hall–Kier alpha value is -4.85. The van der Waals surface area contributed by atoms with Gasteiger partial charge in [0.15, 0.2) is 75.5 Å². The summed E-state index contributed by atoms with van der Waals surface area (Å²) in [6.45, 7) is -7.26. The van der Waals surface area contributed by atoms with Crippen molar-refractivity contribution in [2.45, 2.75) is 410 Å². The van der Waals surface area contributed by atoms with Crippen molar-refractivity contribution in [2.75, 3.05) is 72.7 Å². The molecule has 65 nitrogen and oxygen atoms in total. The quantitative estimate of drug-likeness (QED) is 0.0273. The standard InChI is InChI=1S/C82H137N5O60/c1-18-40(102)51(113)56(118)76(127-18)125-17-34-67(46(108)35(71(124)128-34)83-19(2)97)140-73-37(85-21(4)99)48(110)65(31(14-95)134-73)144-80-61(123)68(145-82-69(55(117)44(106)27(10-91)132-82)146-74-38(86-22(5)100)49(111)63(29(12-93)135-74)142-78-58(120)53(115)42(104)25(8-89)130-78)45(107)33(138-80)16-126-81-70(147-75-39(87-23(6)101)50(112)64(30(13-94)136-75)143-79-59(121)54(116)43(105)26(9-90)131-79)60(122)66(32(15-96)137-81)139-72-36(84-20(3)98)47(109)62(28(11-92)133-72)141-77-57(119)52(114)41(103)24(7-88)129-77/h18,24-82,88-96,102-124H,7-17H2,1-6H3,(H,83,97)(H,84,98)(H,85,99)(H,86,100)(H,87,101)/t18-,24+,25+,26+,27+,28+,29+,30+,31+,32+,33+,34+,35+,36+,37+,38+,39+,40+,41-,42-,43-,44+,45+,46+,47+,48+,49+,50+,51+,52-,53-,54-,55-,56-,57+,58+,59+,60-,61-,62+,63+,64+,65+,66+,67+,68-,69-,70-,71?,72-,73-,74-,75-,76+,77-,78-,79-,80-,81-,82+/m0/s1. The minimum atomic E-state index is -2.75. The molecule has 0 saturated carbocycles. The summed E-state index contributed by atoms with van der Waals surface area (Å²) < 4.78 is 139. The van der Waals surface area contributed by atoms with Gasteiger partial charge in [-0.1, -0.05) is 0 Å². The second kappa shape index (κ2) is 52.8. The van der Waals surface area contributed by atoms with E-state index in [-0.39, 0.29) is 0 Å². The summed E-state index contributed by atoms with van der Waals surface area (Å²) in [5.74, 6) is -5.03. The van der Waals surface area contributed by atoms with Crippen molar-refractivity contribution in [3.8, 4) is 0 Å². The number of aliphatic hydroxyl groups is 32. The van der Waals surface area contributed by atoms with Crippen molar-refractivity contribution in [3.63, 3.8) is 0 Å². The lowest BCUT2D eigenvalue weighted by atomic mass is 9.93. The number of carbonyl (C=O) groups is 5. The molecule has 0 aromatic heterocycles. The molecule has 147 heavy (non-hydrogen) atoms. The molecule has 12 fully saturated rings. The first kappa shape index (κ1) is 121. The molecule has 0 aliphatic carbocycles. The van der Waals surface area contributed by atoms with Crippen LogP contribution in [0.1, 0.15) is 41.5 Å². The second-order valence-electron chi connectivity index (χ2n) is 37.3. The highest BCUT2D eigenvalue weighted by molar-refractivity contribution is 5.75. The molecule has 12 aliphatic heterocycles. The van der Waals surface area contributed by atoms with Crippen molar-refractivity contribution in [2.24, 2.45) is 0 Å². The maximum Gasteiger partial charge on any atom is 0.217 e. The Labute approximate surface area is 832 Å². The Balaban J connectivity index is 0.921. The number of hydrogen-bond donors (Lipinski definition) is 37. The molecule has 850 valence electrons. The predicted octanol–water partition coefficient (Wildman–Crippen LogP) is -25.4. The number of carbonyl (C=O) groups excluding carboxylic acids is 5. The zero-order valence-corrected chi connectivity index (χ0v) is 79.2. The van der Waals surface area contributed by atoms with Gasteiger partial charge in [0.25, 0.3) is 0 Å². The predicted molar refractivity (Wildman–Crippen MR) is 452 cm³/mol. The monoisotopic (exact) mass is 2150 g/mol. The number of amides is 5. The van der Waals surface area contributed by atoms with Crippen LogP contribution < -0.4 is 26.6 Å². The topological polar surface area (TPSA) is 1010 Å². The van der Waals surface area contributed by atoms with Gasteiger partial charge in [-0.15, -0.1) is 0 Å². The van der Waals surface area contributed by atoms with Gasteiger partial charge in [0.2, 0.25) is 29.5 Å². The van der Waals surface area contributed by atoms with E-state index in [9.17, 15) is 187 Å². The van der Waals surface area contributed by atoms with Crippen molar-refractivity contribution in [1.29, 1.82) is 0 Å². The highest BCUT2D eigenvalue weighted by Gasteiger charge is 2.64. The van der Waals surface area contributed by atoms with Crippen LogP contribution in [0.2, 0.25) is 0 Å². The van der Waals surface area contributed by atoms with Gasteiger partial charge in [-0.05, 0) is 6.92 Å². The molecule has 12 rings (SSSR count). The van der Waals surface area contributed by atoms with Gasteiger partial charge in [-0.25, -0.2) is 0 Å². The van der Waals surface area contributed by atoms with Gasteiger partial charge in [0.05, 0.1) is 78.8 Å². The van der Waals surface area contributed by atoms with Crippen LogP contribution in [-0.4, -0.2) is 634 Å². The molecule has 12 heterocycles. The summed E-state index contributed by atoms with van der Waals surface area (Å²) in [7, 11) is 0. The zero-order valence-electron chi connectivity index (χ0n) is 79.2. The van der Waals surface area contributed by atoms with Crippen LogP contribution in [0, 0.1) is 0 Å². The van der Waals surface area contributed by atoms with Gasteiger partial charge in [-0.3, -0.25) is 24.0 Å². The summed E-state index contributed by atoms with van der Waals surface area (Å²) in [5, 5.41) is 374.